The molecule has 2 rings (SSSR count). The van der Waals surface area contributed by atoms with E-state index in [4.69, 9.17) is 0 Å². The third-order valence-electron chi connectivity index (χ3n) is 4.78. The number of nitrogens with one attached hydrogen (secondary N) is 2. The quantitative estimate of drug-likeness (QED) is 0.702. The number of hydrogen-bond acceptors (Lipinski definition) is 4. The van der Waals surface area contributed by atoms with Crippen LogP contribution in [0.5, 0.6) is 0 Å². The van der Waals surface area contributed by atoms with E-state index in [2.05, 4.69) is 10.0 Å². The van der Waals surface area contributed by atoms with E-state index in [1.807, 2.05) is 20.8 Å². The molecule has 1 saturated carbocycles. The highest BCUT2D eigenvalue weighted by Gasteiger charge is 2.27. The van der Waals surface area contributed by atoms with Gasteiger partial charge in [0.25, 0.3) is 0 Å². The molecule has 0 spiro atoms. The number of aliphatic hydroxyl groups excluding tert-OH is 1. The average Bonchev–Trinajstić information content (AvgIpc) is 2.60. The van der Waals surface area contributed by atoms with Crippen LogP contribution in [0.3, 0.4) is 0 Å². The third-order valence-corrected chi connectivity index (χ3v) is 6.27. The van der Waals surface area contributed by atoms with Gasteiger partial charge >= 0.3 is 0 Å². The van der Waals surface area contributed by atoms with Crippen LogP contribution in [0.1, 0.15) is 58.4 Å². The van der Waals surface area contributed by atoms with Gasteiger partial charge in [-0.1, -0.05) is 52.2 Å². The number of amides is 1. The van der Waals surface area contributed by atoms with Gasteiger partial charge in [0.2, 0.25) is 15.9 Å². The molecule has 1 fully saturated rings. The molecule has 3 N–H and O–H groups in total. The zero-order chi connectivity index (χ0) is 19.4. The Hall–Kier alpha value is -1.44. The summed E-state index contributed by atoms with van der Waals surface area (Å²) >= 11 is 0. The lowest BCUT2D eigenvalue weighted by Gasteiger charge is -2.25. The van der Waals surface area contributed by atoms with Crippen molar-refractivity contribution in [3.05, 3.63) is 29.8 Å². The Kier molecular flexibility index (Phi) is 6.82. The highest BCUT2D eigenvalue weighted by atomic mass is 32.2. The van der Waals surface area contributed by atoms with E-state index in [0.717, 1.165) is 37.7 Å². The molecule has 0 saturated heterocycles. The summed E-state index contributed by atoms with van der Waals surface area (Å²) in [6, 6.07) is 5.45. The second-order valence-corrected chi connectivity index (χ2v) is 9.69. The Morgan fingerprint density at radius 1 is 1.15 bits per heavy atom. The van der Waals surface area contributed by atoms with E-state index < -0.39 is 28.6 Å². The fraction of sp³-hybridized carbons (Fsp3) is 0.632. The molecule has 1 amide bonds. The van der Waals surface area contributed by atoms with Crippen LogP contribution >= 0.6 is 0 Å². The second-order valence-electron chi connectivity index (χ2n) is 7.97. The molecule has 0 aromatic heterocycles. The van der Waals surface area contributed by atoms with Gasteiger partial charge in [-0.3, -0.25) is 4.79 Å². The minimum atomic E-state index is -3.89. The Balaban J connectivity index is 2.06. The number of benzene rings is 1. The number of carbonyl (C=O) groups is 1. The zero-order valence-electron chi connectivity index (χ0n) is 15.8. The minimum Gasteiger partial charge on any atom is -0.394 e. The molecule has 1 aromatic rings. The van der Waals surface area contributed by atoms with Crippen molar-refractivity contribution in [2.75, 3.05) is 6.61 Å². The summed E-state index contributed by atoms with van der Waals surface area (Å²) in [6.45, 7) is 5.56. The Bertz CT molecular complexity index is 702. The van der Waals surface area contributed by atoms with E-state index in [9.17, 15) is 18.3 Å². The summed E-state index contributed by atoms with van der Waals surface area (Å²) in [7, 11) is -3.89. The maximum Gasteiger partial charge on any atom is 0.241 e. The zero-order valence-corrected chi connectivity index (χ0v) is 16.6. The molecule has 0 bridgehead atoms. The van der Waals surface area contributed by atoms with Crippen molar-refractivity contribution in [2.45, 2.75) is 75.3 Å². The van der Waals surface area contributed by atoms with Crippen LogP contribution in [0.2, 0.25) is 0 Å². The lowest BCUT2D eigenvalue weighted by atomic mass is 9.87. The van der Waals surface area contributed by atoms with E-state index in [0.29, 0.717) is 0 Å². The van der Waals surface area contributed by atoms with Gasteiger partial charge in [-0.2, -0.15) is 4.72 Å². The van der Waals surface area contributed by atoms with Crippen molar-refractivity contribution in [3.8, 4) is 0 Å². The smallest absolute Gasteiger partial charge is 0.241 e. The van der Waals surface area contributed by atoms with E-state index >= 15 is 0 Å². The van der Waals surface area contributed by atoms with Gasteiger partial charge in [0.05, 0.1) is 11.5 Å². The van der Waals surface area contributed by atoms with Gasteiger partial charge in [-0.05, 0) is 36.0 Å². The summed E-state index contributed by atoms with van der Waals surface area (Å²) in [5.74, 6) is -0.478. The van der Waals surface area contributed by atoms with Crippen LogP contribution in [0, 0.1) is 0 Å². The fourth-order valence-corrected chi connectivity index (χ4v) is 4.30. The Labute approximate surface area is 156 Å². The average molecular weight is 383 g/mol. The van der Waals surface area contributed by atoms with Gasteiger partial charge in [0, 0.05) is 6.04 Å². The van der Waals surface area contributed by atoms with Crippen molar-refractivity contribution in [1.29, 1.82) is 0 Å². The molecular formula is C19H30N2O4S. The van der Waals surface area contributed by atoms with E-state index in [1.165, 1.54) is 12.1 Å². The molecule has 1 aliphatic rings. The highest BCUT2D eigenvalue weighted by molar-refractivity contribution is 7.89. The second kappa shape index (κ2) is 8.50. The number of aliphatic hydroxyl groups is 1. The van der Waals surface area contributed by atoms with Crippen molar-refractivity contribution in [3.63, 3.8) is 0 Å². The van der Waals surface area contributed by atoms with Gasteiger partial charge in [-0.15, -0.1) is 0 Å². The van der Waals surface area contributed by atoms with Crippen LogP contribution in [-0.4, -0.2) is 38.1 Å². The lowest BCUT2D eigenvalue weighted by molar-refractivity contribution is -0.124. The molecule has 6 nitrogen and oxygen atoms in total. The van der Waals surface area contributed by atoms with Crippen LogP contribution in [0.15, 0.2) is 29.2 Å². The Morgan fingerprint density at radius 2 is 1.73 bits per heavy atom. The van der Waals surface area contributed by atoms with Crippen LogP contribution in [-0.2, 0) is 20.2 Å². The summed E-state index contributed by atoms with van der Waals surface area (Å²) < 4.78 is 27.4. The van der Waals surface area contributed by atoms with Crippen LogP contribution < -0.4 is 10.0 Å². The molecular weight excluding hydrogens is 352 g/mol. The topological polar surface area (TPSA) is 95.5 Å². The van der Waals surface area contributed by atoms with Gasteiger partial charge in [-0.25, -0.2) is 8.42 Å². The molecule has 26 heavy (non-hydrogen) atoms. The third kappa shape index (κ3) is 5.53. The maximum absolute atomic E-state index is 12.6. The van der Waals surface area contributed by atoms with E-state index in [-0.39, 0.29) is 16.4 Å². The first-order valence-electron chi connectivity index (χ1n) is 9.17. The van der Waals surface area contributed by atoms with Gasteiger partial charge in [0.15, 0.2) is 0 Å². The first-order valence-corrected chi connectivity index (χ1v) is 10.7. The summed E-state index contributed by atoms with van der Waals surface area (Å²) in [6.07, 6.45) is 5.06. The summed E-state index contributed by atoms with van der Waals surface area (Å²) in [4.78, 5) is 12.4. The molecule has 1 aromatic carbocycles. The van der Waals surface area contributed by atoms with Crippen molar-refractivity contribution >= 4 is 15.9 Å². The van der Waals surface area contributed by atoms with Crippen molar-refractivity contribution in [1.82, 2.24) is 10.0 Å². The number of sulfonamides is 1. The van der Waals surface area contributed by atoms with Crippen LogP contribution in [0.25, 0.3) is 0 Å². The normalized spacial score (nSPS) is 17.7. The molecule has 0 aliphatic heterocycles. The SMILES string of the molecule is CC(C)(C)c1ccc(S(=O)(=O)NC(CO)C(=O)NC2CCCCC2)cc1. The molecule has 7 heteroatoms. The monoisotopic (exact) mass is 382 g/mol. The number of hydrogen-bond donors (Lipinski definition) is 3. The maximum atomic E-state index is 12.6. The van der Waals surface area contributed by atoms with Crippen molar-refractivity contribution in [2.24, 2.45) is 0 Å². The van der Waals surface area contributed by atoms with Gasteiger partial charge in [0.1, 0.15) is 6.04 Å². The van der Waals surface area contributed by atoms with Crippen molar-refractivity contribution < 1.29 is 18.3 Å². The predicted molar refractivity (Wildman–Crippen MR) is 101 cm³/mol. The van der Waals surface area contributed by atoms with E-state index in [1.54, 1.807) is 12.1 Å². The molecule has 1 aliphatic carbocycles. The Morgan fingerprint density at radius 3 is 2.23 bits per heavy atom. The number of rotatable bonds is 6. The summed E-state index contributed by atoms with van der Waals surface area (Å²) in [5.41, 5.74) is 0.939. The number of carbonyl (C=O) groups excluding carboxylic acids is 1. The summed E-state index contributed by atoms with van der Waals surface area (Å²) in [5, 5.41) is 12.3. The largest absolute Gasteiger partial charge is 0.394 e. The molecule has 0 heterocycles. The molecule has 146 valence electrons. The fourth-order valence-electron chi connectivity index (χ4n) is 3.11. The van der Waals surface area contributed by atoms with Crippen LogP contribution in [0.4, 0.5) is 0 Å². The first kappa shape index (κ1) is 20.9. The standard InChI is InChI=1S/C19H30N2O4S/c1-19(2,3)14-9-11-16(12-10-14)26(24,25)21-17(13-22)18(23)20-15-7-5-4-6-8-15/h9-12,15,17,21-22H,4-8,13H2,1-3H3,(H,20,23). The molecule has 0 radical (unpaired) electrons. The minimum absolute atomic E-state index is 0.0564. The first-order chi connectivity index (χ1) is 12.1. The molecule has 1 atom stereocenters. The highest BCUT2D eigenvalue weighted by Crippen LogP contribution is 2.23. The predicted octanol–water partition coefficient (Wildman–Crippen LogP) is 2.07. The van der Waals surface area contributed by atoms with Gasteiger partial charge < -0.3 is 10.4 Å². The molecule has 1 unspecified atom stereocenters. The lowest BCUT2D eigenvalue weighted by Crippen LogP contribution is -2.51.